The van der Waals surface area contributed by atoms with E-state index in [-0.39, 0.29) is 18.7 Å². The fourth-order valence-corrected chi connectivity index (χ4v) is 3.61. The Labute approximate surface area is 159 Å². The molecule has 0 fully saturated rings. The lowest BCUT2D eigenvalue weighted by Gasteiger charge is -2.20. The molecule has 1 aromatic heterocycles. The van der Waals surface area contributed by atoms with Crippen LogP contribution in [0.3, 0.4) is 0 Å². The Morgan fingerprint density at radius 2 is 1.93 bits per heavy atom. The summed E-state index contributed by atoms with van der Waals surface area (Å²) in [5, 5.41) is 6.66. The molecule has 0 unspecified atom stereocenters. The number of hydrazone groups is 1. The highest BCUT2D eigenvalue weighted by atomic mass is 16.7. The average Bonchev–Trinajstić information content (AvgIpc) is 3.34. The molecule has 0 radical (unpaired) electrons. The number of carbonyl (C=O) groups is 1. The largest absolute Gasteiger partial charge is 0.454 e. The van der Waals surface area contributed by atoms with Crippen LogP contribution in [0.15, 0.2) is 62.8 Å². The summed E-state index contributed by atoms with van der Waals surface area (Å²) in [5.41, 5.74) is 1.81. The number of fused-ring (bicyclic) bond motifs is 2. The average molecular weight is 376 g/mol. The van der Waals surface area contributed by atoms with Crippen molar-refractivity contribution in [1.29, 1.82) is 0 Å². The van der Waals surface area contributed by atoms with Crippen LogP contribution in [0.25, 0.3) is 11.0 Å². The molecule has 0 spiro atoms. The number of hydrogen-bond donors (Lipinski definition) is 0. The van der Waals surface area contributed by atoms with Gasteiger partial charge in [0.2, 0.25) is 12.7 Å². The standard InChI is InChI=1S/C21H16N2O5/c1-12(24)23-17(13-6-7-19-20(9-13)27-11-26-19)10-16(22-23)15-8-14-4-2-3-5-18(14)28-21(15)25/h2-9,17H,10-11H2,1H3/t17-/m0/s1. The van der Waals surface area contributed by atoms with Gasteiger partial charge in [-0.05, 0) is 29.8 Å². The van der Waals surface area contributed by atoms with Crippen molar-refractivity contribution in [2.45, 2.75) is 19.4 Å². The minimum absolute atomic E-state index is 0.180. The smallest absolute Gasteiger partial charge is 0.345 e. The lowest BCUT2D eigenvalue weighted by atomic mass is 9.98. The maximum atomic E-state index is 12.5. The zero-order chi connectivity index (χ0) is 19.3. The first-order valence-corrected chi connectivity index (χ1v) is 8.90. The number of amides is 1. The van der Waals surface area contributed by atoms with Gasteiger partial charge in [-0.1, -0.05) is 24.3 Å². The molecule has 0 N–H and O–H groups in total. The van der Waals surface area contributed by atoms with E-state index in [1.165, 1.54) is 11.9 Å². The minimum Gasteiger partial charge on any atom is -0.454 e. The number of hydrogen-bond acceptors (Lipinski definition) is 6. The zero-order valence-electron chi connectivity index (χ0n) is 15.0. The first-order valence-electron chi connectivity index (χ1n) is 8.90. The second-order valence-electron chi connectivity index (χ2n) is 6.73. The Morgan fingerprint density at radius 1 is 1.11 bits per heavy atom. The predicted octanol–water partition coefficient (Wildman–Crippen LogP) is 3.22. The van der Waals surface area contributed by atoms with Crippen LogP contribution in [-0.2, 0) is 4.79 Å². The van der Waals surface area contributed by atoms with Gasteiger partial charge in [0.1, 0.15) is 5.58 Å². The second-order valence-corrected chi connectivity index (χ2v) is 6.73. The number of ether oxygens (including phenoxy) is 2. The maximum absolute atomic E-state index is 12.5. The lowest BCUT2D eigenvalue weighted by Crippen LogP contribution is -2.24. The highest BCUT2D eigenvalue weighted by Gasteiger charge is 2.33. The van der Waals surface area contributed by atoms with E-state index in [9.17, 15) is 9.59 Å². The number of carbonyl (C=O) groups excluding carboxylic acids is 1. The van der Waals surface area contributed by atoms with Crippen molar-refractivity contribution in [1.82, 2.24) is 5.01 Å². The van der Waals surface area contributed by atoms with Crippen LogP contribution in [-0.4, -0.2) is 23.4 Å². The lowest BCUT2D eigenvalue weighted by molar-refractivity contribution is -0.130. The summed E-state index contributed by atoms with van der Waals surface area (Å²) in [5.74, 6) is 1.11. The SMILES string of the molecule is CC(=O)N1N=C(c2cc3ccccc3oc2=O)C[C@H]1c1ccc2c(c1)OCO2. The van der Waals surface area contributed by atoms with E-state index in [0.717, 1.165) is 10.9 Å². The first kappa shape index (κ1) is 16.6. The molecule has 0 bridgehead atoms. The van der Waals surface area contributed by atoms with Crippen molar-refractivity contribution in [3.8, 4) is 11.5 Å². The van der Waals surface area contributed by atoms with Crippen LogP contribution in [0.2, 0.25) is 0 Å². The van der Waals surface area contributed by atoms with Gasteiger partial charge in [-0.15, -0.1) is 0 Å². The first-order chi connectivity index (χ1) is 13.6. The van der Waals surface area contributed by atoms with Gasteiger partial charge < -0.3 is 13.9 Å². The molecule has 0 aliphatic carbocycles. The van der Waals surface area contributed by atoms with Crippen LogP contribution in [0.5, 0.6) is 11.5 Å². The molecule has 7 heteroatoms. The van der Waals surface area contributed by atoms with Gasteiger partial charge in [-0.25, -0.2) is 9.80 Å². The third-order valence-corrected chi connectivity index (χ3v) is 4.97. The minimum atomic E-state index is -0.465. The van der Waals surface area contributed by atoms with Crippen LogP contribution in [0.4, 0.5) is 0 Å². The van der Waals surface area contributed by atoms with Crippen LogP contribution >= 0.6 is 0 Å². The fraction of sp³-hybridized carbons (Fsp3) is 0.190. The summed E-state index contributed by atoms with van der Waals surface area (Å²) < 4.78 is 16.2. The summed E-state index contributed by atoms with van der Waals surface area (Å²) in [4.78, 5) is 24.7. The quantitative estimate of drug-likeness (QED) is 0.642. The molecule has 2 aromatic carbocycles. The Hall–Kier alpha value is -3.61. The fourth-order valence-electron chi connectivity index (χ4n) is 3.61. The van der Waals surface area contributed by atoms with Crippen molar-refractivity contribution in [3.63, 3.8) is 0 Å². The Balaban J connectivity index is 1.55. The molecule has 7 nitrogen and oxygen atoms in total. The van der Waals surface area contributed by atoms with E-state index in [2.05, 4.69) is 5.10 Å². The van der Waals surface area contributed by atoms with Gasteiger partial charge in [-0.2, -0.15) is 5.10 Å². The van der Waals surface area contributed by atoms with Crippen molar-refractivity contribution in [3.05, 3.63) is 70.1 Å². The number of benzene rings is 2. The van der Waals surface area contributed by atoms with Crippen molar-refractivity contribution in [2.75, 3.05) is 6.79 Å². The van der Waals surface area contributed by atoms with E-state index in [1.54, 1.807) is 12.1 Å². The summed E-state index contributed by atoms with van der Waals surface area (Å²) >= 11 is 0. The summed E-state index contributed by atoms with van der Waals surface area (Å²) in [6.45, 7) is 1.63. The van der Waals surface area contributed by atoms with Gasteiger partial charge in [0.15, 0.2) is 11.5 Å². The molecular formula is C21H16N2O5. The molecule has 2 aliphatic heterocycles. The summed E-state index contributed by atoms with van der Waals surface area (Å²) in [7, 11) is 0. The molecule has 2 aliphatic rings. The molecule has 0 saturated carbocycles. The number of rotatable bonds is 2. The molecular weight excluding hydrogens is 360 g/mol. The van der Waals surface area contributed by atoms with Crippen LogP contribution in [0, 0.1) is 0 Å². The number of nitrogens with zero attached hydrogens (tertiary/aromatic N) is 2. The molecule has 140 valence electrons. The van der Waals surface area contributed by atoms with Gasteiger partial charge in [0.05, 0.1) is 17.3 Å². The van der Waals surface area contributed by atoms with Crippen molar-refractivity contribution >= 4 is 22.6 Å². The highest BCUT2D eigenvalue weighted by Crippen LogP contribution is 2.39. The Morgan fingerprint density at radius 3 is 2.79 bits per heavy atom. The number of para-hydroxylation sites is 1. The van der Waals surface area contributed by atoms with E-state index < -0.39 is 5.63 Å². The topological polar surface area (TPSA) is 81.3 Å². The normalized spacial score (nSPS) is 17.8. The zero-order valence-corrected chi connectivity index (χ0v) is 15.0. The predicted molar refractivity (Wildman–Crippen MR) is 101 cm³/mol. The van der Waals surface area contributed by atoms with Crippen LogP contribution in [0.1, 0.15) is 30.5 Å². The third-order valence-electron chi connectivity index (χ3n) is 4.97. The third kappa shape index (κ3) is 2.63. The Kier molecular flexibility index (Phi) is 3.68. The molecule has 0 saturated heterocycles. The van der Waals surface area contributed by atoms with E-state index in [1.807, 2.05) is 36.4 Å². The van der Waals surface area contributed by atoms with Crippen LogP contribution < -0.4 is 15.1 Å². The molecule has 5 rings (SSSR count). The van der Waals surface area contributed by atoms with Gasteiger partial charge in [0.25, 0.3) is 0 Å². The summed E-state index contributed by atoms with van der Waals surface area (Å²) in [6.07, 6.45) is 0.405. The van der Waals surface area contributed by atoms with E-state index in [4.69, 9.17) is 13.9 Å². The molecule has 3 heterocycles. The molecule has 3 aromatic rings. The molecule has 28 heavy (non-hydrogen) atoms. The van der Waals surface area contributed by atoms with E-state index in [0.29, 0.717) is 34.8 Å². The molecule has 1 amide bonds. The molecule has 1 atom stereocenters. The maximum Gasteiger partial charge on any atom is 0.345 e. The highest BCUT2D eigenvalue weighted by molar-refractivity contribution is 6.04. The monoisotopic (exact) mass is 376 g/mol. The van der Waals surface area contributed by atoms with Crippen molar-refractivity contribution < 1.29 is 18.7 Å². The van der Waals surface area contributed by atoms with Gasteiger partial charge in [0, 0.05) is 18.7 Å². The second kappa shape index (κ2) is 6.23. The van der Waals surface area contributed by atoms with Gasteiger partial charge in [-0.3, -0.25) is 4.79 Å². The summed E-state index contributed by atoms with van der Waals surface area (Å²) in [6, 6.07) is 14.3. The van der Waals surface area contributed by atoms with Crippen molar-refractivity contribution in [2.24, 2.45) is 5.10 Å². The van der Waals surface area contributed by atoms with Gasteiger partial charge >= 0.3 is 5.63 Å². The van der Waals surface area contributed by atoms with E-state index >= 15 is 0 Å². The Bertz CT molecular complexity index is 1200.